The van der Waals surface area contributed by atoms with Crippen LogP contribution in [0, 0.1) is 5.82 Å². The highest BCUT2D eigenvalue weighted by molar-refractivity contribution is 7.98. The van der Waals surface area contributed by atoms with E-state index in [2.05, 4.69) is 29.6 Å². The molecule has 1 atom stereocenters. The zero-order valence-corrected chi connectivity index (χ0v) is 13.1. The lowest BCUT2D eigenvalue weighted by atomic mass is 9.99. The zero-order chi connectivity index (χ0) is 14.5. The maximum absolute atomic E-state index is 14.0. The molecular weight excluding hydrogens is 293 g/mol. The van der Waals surface area contributed by atoms with E-state index in [1.807, 2.05) is 13.3 Å². The number of halogens is 2. The molecule has 0 heterocycles. The van der Waals surface area contributed by atoms with E-state index in [4.69, 9.17) is 11.6 Å². The average molecular weight is 310 g/mol. The molecular formula is C16H17ClFNS. The molecule has 1 unspecified atom stereocenters. The molecule has 20 heavy (non-hydrogen) atoms. The maximum atomic E-state index is 14.0. The average Bonchev–Trinajstić information content (AvgIpc) is 2.49. The molecule has 0 amide bonds. The highest BCUT2D eigenvalue weighted by Gasteiger charge is 2.14. The maximum Gasteiger partial charge on any atom is 0.145 e. The summed E-state index contributed by atoms with van der Waals surface area (Å²) in [5.74, 6) is -0.324. The van der Waals surface area contributed by atoms with E-state index in [1.54, 1.807) is 30.0 Å². The molecule has 0 aliphatic carbocycles. The summed E-state index contributed by atoms with van der Waals surface area (Å²) in [7, 11) is 1.88. The fourth-order valence-corrected chi connectivity index (χ4v) is 2.75. The molecule has 0 saturated heterocycles. The van der Waals surface area contributed by atoms with E-state index in [0.717, 1.165) is 5.56 Å². The second-order valence-corrected chi connectivity index (χ2v) is 5.82. The van der Waals surface area contributed by atoms with Gasteiger partial charge in [0.25, 0.3) is 0 Å². The fourth-order valence-electron chi connectivity index (χ4n) is 2.15. The van der Waals surface area contributed by atoms with Crippen molar-refractivity contribution in [3.8, 4) is 0 Å². The molecule has 0 radical (unpaired) electrons. The Morgan fingerprint density at radius 1 is 1.20 bits per heavy atom. The molecule has 0 aliphatic rings. The van der Waals surface area contributed by atoms with Crippen molar-refractivity contribution < 1.29 is 4.39 Å². The zero-order valence-electron chi connectivity index (χ0n) is 11.5. The van der Waals surface area contributed by atoms with Gasteiger partial charge >= 0.3 is 0 Å². The SMILES string of the molecule is CNC(Cc1cccc(Cl)c1F)c1ccc(SC)cc1. The van der Waals surface area contributed by atoms with Gasteiger partial charge in [0, 0.05) is 10.9 Å². The summed E-state index contributed by atoms with van der Waals surface area (Å²) in [6, 6.07) is 13.5. The summed E-state index contributed by atoms with van der Waals surface area (Å²) in [4.78, 5) is 1.22. The first-order chi connectivity index (χ1) is 9.65. The van der Waals surface area contributed by atoms with E-state index in [-0.39, 0.29) is 16.9 Å². The van der Waals surface area contributed by atoms with E-state index >= 15 is 0 Å². The monoisotopic (exact) mass is 309 g/mol. The number of rotatable bonds is 5. The molecule has 0 fully saturated rings. The highest BCUT2D eigenvalue weighted by atomic mass is 35.5. The molecule has 1 nitrogen and oxygen atoms in total. The minimum atomic E-state index is -0.324. The molecule has 0 aromatic heterocycles. The highest BCUT2D eigenvalue weighted by Crippen LogP contribution is 2.25. The Bertz CT molecular complexity index is 571. The van der Waals surface area contributed by atoms with E-state index in [0.29, 0.717) is 12.0 Å². The van der Waals surface area contributed by atoms with Crippen LogP contribution in [-0.4, -0.2) is 13.3 Å². The van der Waals surface area contributed by atoms with Crippen LogP contribution in [-0.2, 0) is 6.42 Å². The molecule has 2 aromatic carbocycles. The van der Waals surface area contributed by atoms with Crippen molar-refractivity contribution in [2.45, 2.75) is 17.4 Å². The van der Waals surface area contributed by atoms with Crippen molar-refractivity contribution in [1.29, 1.82) is 0 Å². The molecule has 0 aliphatic heterocycles. The second-order valence-electron chi connectivity index (χ2n) is 4.53. The van der Waals surface area contributed by atoms with Crippen LogP contribution in [0.3, 0.4) is 0 Å². The van der Waals surface area contributed by atoms with Crippen LogP contribution in [0.25, 0.3) is 0 Å². The number of nitrogens with one attached hydrogen (secondary N) is 1. The van der Waals surface area contributed by atoms with E-state index < -0.39 is 0 Å². The third-order valence-electron chi connectivity index (χ3n) is 3.32. The number of likely N-dealkylation sites (N-methyl/N-ethyl adjacent to an activating group) is 1. The first-order valence-electron chi connectivity index (χ1n) is 6.39. The van der Waals surface area contributed by atoms with Gasteiger partial charge in [-0.3, -0.25) is 0 Å². The van der Waals surface area contributed by atoms with Gasteiger partial charge in [-0.25, -0.2) is 4.39 Å². The minimum absolute atomic E-state index is 0.0684. The van der Waals surface area contributed by atoms with Crippen molar-refractivity contribution in [3.63, 3.8) is 0 Å². The molecule has 2 aromatic rings. The van der Waals surface area contributed by atoms with Crippen molar-refractivity contribution in [3.05, 3.63) is 64.4 Å². The normalized spacial score (nSPS) is 12.4. The van der Waals surface area contributed by atoms with Crippen molar-refractivity contribution in [1.82, 2.24) is 5.32 Å². The van der Waals surface area contributed by atoms with Gasteiger partial charge in [0.05, 0.1) is 5.02 Å². The van der Waals surface area contributed by atoms with Crippen LogP contribution >= 0.6 is 23.4 Å². The smallest absolute Gasteiger partial charge is 0.145 e. The van der Waals surface area contributed by atoms with E-state index in [1.165, 1.54) is 4.90 Å². The van der Waals surface area contributed by atoms with Crippen LogP contribution in [0.5, 0.6) is 0 Å². The number of benzene rings is 2. The summed E-state index contributed by atoms with van der Waals surface area (Å²) in [6.45, 7) is 0. The molecule has 0 bridgehead atoms. The van der Waals surface area contributed by atoms with Crippen LogP contribution < -0.4 is 5.32 Å². The first kappa shape index (κ1) is 15.4. The van der Waals surface area contributed by atoms with Gasteiger partial charge in [-0.15, -0.1) is 11.8 Å². The Kier molecular flexibility index (Phi) is 5.46. The summed E-state index contributed by atoms with van der Waals surface area (Å²) in [5.41, 5.74) is 1.77. The lowest BCUT2D eigenvalue weighted by Gasteiger charge is -2.17. The Hall–Kier alpha value is -1.03. The third-order valence-corrected chi connectivity index (χ3v) is 4.36. The number of hydrogen-bond acceptors (Lipinski definition) is 2. The van der Waals surface area contributed by atoms with E-state index in [9.17, 15) is 4.39 Å². The Balaban J connectivity index is 2.21. The second kappa shape index (κ2) is 7.11. The molecule has 0 saturated carbocycles. The van der Waals surface area contributed by atoms with Gasteiger partial charge in [0.1, 0.15) is 5.82 Å². The summed E-state index contributed by atoms with van der Waals surface area (Å²) < 4.78 is 14.0. The van der Waals surface area contributed by atoms with Crippen LogP contribution in [0.4, 0.5) is 4.39 Å². The van der Waals surface area contributed by atoms with Gasteiger partial charge in [0.15, 0.2) is 0 Å². The topological polar surface area (TPSA) is 12.0 Å². The first-order valence-corrected chi connectivity index (χ1v) is 8.00. The molecule has 1 N–H and O–H groups in total. The Labute approximate surface area is 128 Å². The summed E-state index contributed by atoms with van der Waals surface area (Å²) in [6.07, 6.45) is 2.62. The molecule has 4 heteroatoms. The summed E-state index contributed by atoms with van der Waals surface area (Å²) in [5, 5.41) is 3.41. The van der Waals surface area contributed by atoms with Gasteiger partial charge in [-0.1, -0.05) is 35.9 Å². The lowest BCUT2D eigenvalue weighted by Crippen LogP contribution is -2.19. The van der Waals surface area contributed by atoms with Crippen LogP contribution in [0.15, 0.2) is 47.4 Å². The molecule has 106 valence electrons. The Morgan fingerprint density at radius 2 is 1.90 bits per heavy atom. The van der Waals surface area contributed by atoms with Crippen molar-refractivity contribution in [2.24, 2.45) is 0 Å². The molecule has 0 spiro atoms. The quantitative estimate of drug-likeness (QED) is 0.803. The third kappa shape index (κ3) is 3.54. The number of thioether (sulfide) groups is 1. The van der Waals surface area contributed by atoms with Crippen LogP contribution in [0.2, 0.25) is 5.02 Å². The predicted molar refractivity (Wildman–Crippen MR) is 85.1 cm³/mol. The Morgan fingerprint density at radius 3 is 2.50 bits per heavy atom. The van der Waals surface area contributed by atoms with Crippen molar-refractivity contribution >= 4 is 23.4 Å². The van der Waals surface area contributed by atoms with Gasteiger partial charge in [-0.2, -0.15) is 0 Å². The van der Waals surface area contributed by atoms with Gasteiger partial charge < -0.3 is 5.32 Å². The van der Waals surface area contributed by atoms with Crippen molar-refractivity contribution in [2.75, 3.05) is 13.3 Å². The lowest BCUT2D eigenvalue weighted by molar-refractivity contribution is 0.554. The standard InChI is InChI=1S/C16H17ClFNS/c1-19-15(11-6-8-13(20-2)9-7-11)10-12-4-3-5-14(17)16(12)18/h3-9,15,19H,10H2,1-2H3. The largest absolute Gasteiger partial charge is 0.313 e. The van der Waals surface area contributed by atoms with Crippen LogP contribution in [0.1, 0.15) is 17.2 Å². The van der Waals surface area contributed by atoms with Gasteiger partial charge in [-0.05, 0) is 49.1 Å². The minimum Gasteiger partial charge on any atom is -0.313 e. The summed E-state index contributed by atoms with van der Waals surface area (Å²) >= 11 is 7.54. The molecule has 2 rings (SSSR count). The number of hydrogen-bond donors (Lipinski definition) is 1. The van der Waals surface area contributed by atoms with Gasteiger partial charge in [0.2, 0.25) is 0 Å². The predicted octanol–water partition coefficient (Wildman–Crippen LogP) is 4.70. The fraction of sp³-hybridized carbons (Fsp3) is 0.250.